The second kappa shape index (κ2) is 10.7. The molecular formula is C30H25N3O3S2. The molecule has 0 aliphatic rings. The van der Waals surface area contributed by atoms with Gasteiger partial charge in [-0.15, -0.1) is 11.3 Å². The highest BCUT2D eigenvalue weighted by Gasteiger charge is 2.18. The van der Waals surface area contributed by atoms with Crippen LogP contribution >= 0.6 is 11.3 Å². The number of hydrogen-bond donors (Lipinski definition) is 1. The largest absolute Gasteiger partial charge is 0.310 e. The van der Waals surface area contributed by atoms with Crippen molar-refractivity contribution in [1.82, 2.24) is 9.97 Å². The standard InChI is InChI=1S/C30H25N3O3S2/c1-20-7-6-10-23(17-20)28-29(37-30(33-28)22-11-13-25(14-12-22)38(2,35)36)24-15-16-31-26(19-24)32-27(34)18-21-8-4-3-5-9-21/h3-17,19H,18H2,1-2H3,(H,31,32,34). The minimum absolute atomic E-state index is 0.143. The van der Waals surface area contributed by atoms with E-state index in [2.05, 4.69) is 16.4 Å². The van der Waals surface area contributed by atoms with Gasteiger partial charge in [0.25, 0.3) is 0 Å². The van der Waals surface area contributed by atoms with Crippen molar-refractivity contribution in [2.45, 2.75) is 18.2 Å². The minimum Gasteiger partial charge on any atom is -0.310 e. The number of nitrogens with one attached hydrogen (secondary N) is 1. The number of aromatic nitrogens is 2. The quantitative estimate of drug-likeness (QED) is 0.257. The molecule has 38 heavy (non-hydrogen) atoms. The number of anilines is 1. The third kappa shape index (κ3) is 5.88. The van der Waals surface area contributed by atoms with E-state index in [1.165, 1.54) is 17.6 Å². The molecule has 0 spiro atoms. The lowest BCUT2D eigenvalue weighted by molar-refractivity contribution is -0.115. The normalized spacial score (nSPS) is 11.3. The van der Waals surface area contributed by atoms with Crippen molar-refractivity contribution in [3.05, 3.63) is 108 Å². The van der Waals surface area contributed by atoms with Crippen molar-refractivity contribution >= 4 is 32.9 Å². The molecule has 5 rings (SSSR count). The number of pyridine rings is 1. The molecule has 1 N–H and O–H groups in total. The fraction of sp³-hybridized carbons (Fsp3) is 0.100. The van der Waals surface area contributed by atoms with Crippen LogP contribution in [0.2, 0.25) is 0 Å². The predicted octanol–water partition coefficient (Wildman–Crippen LogP) is 6.43. The van der Waals surface area contributed by atoms with Crippen LogP contribution in [-0.4, -0.2) is 30.5 Å². The van der Waals surface area contributed by atoms with Crippen LogP contribution in [-0.2, 0) is 21.1 Å². The predicted molar refractivity (Wildman–Crippen MR) is 153 cm³/mol. The van der Waals surface area contributed by atoms with Crippen molar-refractivity contribution in [3.8, 4) is 32.3 Å². The Hall–Kier alpha value is -4.14. The fourth-order valence-corrected chi connectivity index (χ4v) is 5.80. The molecule has 0 atom stereocenters. The zero-order chi connectivity index (χ0) is 26.7. The van der Waals surface area contributed by atoms with Crippen molar-refractivity contribution in [2.75, 3.05) is 11.6 Å². The molecule has 5 aromatic rings. The number of aryl methyl sites for hydroxylation is 1. The van der Waals surface area contributed by atoms with Crippen molar-refractivity contribution in [2.24, 2.45) is 0 Å². The number of benzene rings is 3. The van der Waals surface area contributed by atoms with Gasteiger partial charge in [-0.2, -0.15) is 0 Å². The summed E-state index contributed by atoms with van der Waals surface area (Å²) in [7, 11) is -3.29. The molecule has 3 aromatic carbocycles. The number of sulfone groups is 1. The fourth-order valence-electron chi connectivity index (χ4n) is 4.08. The lowest BCUT2D eigenvalue weighted by Crippen LogP contribution is -2.15. The molecule has 0 radical (unpaired) electrons. The number of carbonyl (C=O) groups excluding carboxylic acids is 1. The van der Waals surface area contributed by atoms with Crippen LogP contribution in [0.25, 0.3) is 32.3 Å². The van der Waals surface area contributed by atoms with Gasteiger partial charge in [0, 0.05) is 23.6 Å². The molecular weight excluding hydrogens is 514 g/mol. The van der Waals surface area contributed by atoms with Gasteiger partial charge in [0.05, 0.1) is 21.9 Å². The van der Waals surface area contributed by atoms with Gasteiger partial charge in [0.1, 0.15) is 10.8 Å². The first-order chi connectivity index (χ1) is 18.3. The number of carbonyl (C=O) groups is 1. The molecule has 2 heterocycles. The first-order valence-corrected chi connectivity index (χ1v) is 14.7. The Morgan fingerprint density at radius 1 is 0.868 bits per heavy atom. The molecule has 0 saturated heterocycles. The second-order valence-corrected chi connectivity index (χ2v) is 12.0. The molecule has 0 aliphatic heterocycles. The van der Waals surface area contributed by atoms with E-state index in [0.717, 1.165) is 43.4 Å². The topological polar surface area (TPSA) is 89.0 Å². The molecule has 1 amide bonds. The zero-order valence-corrected chi connectivity index (χ0v) is 22.5. The third-order valence-electron chi connectivity index (χ3n) is 5.95. The first kappa shape index (κ1) is 25.5. The van der Waals surface area contributed by atoms with E-state index < -0.39 is 9.84 Å². The molecule has 190 valence electrons. The average Bonchev–Trinajstić information content (AvgIpc) is 3.35. The number of amides is 1. The Morgan fingerprint density at radius 2 is 1.63 bits per heavy atom. The van der Waals surface area contributed by atoms with Crippen LogP contribution in [0.1, 0.15) is 11.1 Å². The molecule has 0 saturated carbocycles. The summed E-state index contributed by atoms with van der Waals surface area (Å²) in [6.07, 6.45) is 3.13. The third-order valence-corrected chi connectivity index (χ3v) is 8.23. The van der Waals surface area contributed by atoms with E-state index in [1.807, 2.05) is 67.6 Å². The van der Waals surface area contributed by atoms with E-state index in [0.29, 0.717) is 5.82 Å². The van der Waals surface area contributed by atoms with Gasteiger partial charge in [0.15, 0.2) is 9.84 Å². The van der Waals surface area contributed by atoms with Crippen molar-refractivity contribution < 1.29 is 13.2 Å². The second-order valence-electron chi connectivity index (χ2n) is 9.00. The molecule has 8 heteroatoms. The van der Waals surface area contributed by atoms with E-state index in [1.54, 1.807) is 30.5 Å². The number of thiazole rings is 1. The van der Waals surface area contributed by atoms with Gasteiger partial charge in [-0.1, -0.05) is 66.2 Å². The average molecular weight is 540 g/mol. The molecule has 0 aliphatic carbocycles. The zero-order valence-electron chi connectivity index (χ0n) is 20.9. The molecule has 0 unspecified atom stereocenters. The van der Waals surface area contributed by atoms with E-state index in [4.69, 9.17) is 4.98 Å². The molecule has 0 bridgehead atoms. The molecule has 2 aromatic heterocycles. The van der Waals surface area contributed by atoms with Gasteiger partial charge in [0.2, 0.25) is 5.91 Å². The lowest BCUT2D eigenvalue weighted by atomic mass is 10.1. The number of rotatable bonds is 7. The van der Waals surface area contributed by atoms with Crippen LogP contribution in [0.3, 0.4) is 0 Å². The summed E-state index contributed by atoms with van der Waals surface area (Å²) in [6, 6.07) is 28.2. The van der Waals surface area contributed by atoms with Crippen LogP contribution in [0, 0.1) is 6.92 Å². The maximum Gasteiger partial charge on any atom is 0.229 e. The van der Waals surface area contributed by atoms with Gasteiger partial charge >= 0.3 is 0 Å². The Morgan fingerprint density at radius 3 is 2.34 bits per heavy atom. The minimum atomic E-state index is -3.29. The molecule has 6 nitrogen and oxygen atoms in total. The van der Waals surface area contributed by atoms with Crippen LogP contribution < -0.4 is 5.32 Å². The number of hydrogen-bond acceptors (Lipinski definition) is 6. The lowest BCUT2D eigenvalue weighted by Gasteiger charge is -2.08. The number of nitrogens with zero attached hydrogens (tertiary/aromatic N) is 2. The Balaban J connectivity index is 1.51. The summed E-state index contributed by atoms with van der Waals surface area (Å²) < 4.78 is 23.8. The van der Waals surface area contributed by atoms with Gasteiger partial charge < -0.3 is 5.32 Å². The van der Waals surface area contributed by atoms with E-state index in [-0.39, 0.29) is 17.2 Å². The monoisotopic (exact) mass is 539 g/mol. The summed E-state index contributed by atoms with van der Waals surface area (Å²) in [5.74, 6) is 0.321. The van der Waals surface area contributed by atoms with E-state index in [9.17, 15) is 13.2 Å². The summed E-state index contributed by atoms with van der Waals surface area (Å²) >= 11 is 1.51. The van der Waals surface area contributed by atoms with Crippen LogP contribution in [0.5, 0.6) is 0 Å². The van der Waals surface area contributed by atoms with Crippen molar-refractivity contribution in [1.29, 1.82) is 0 Å². The summed E-state index contributed by atoms with van der Waals surface area (Å²) in [4.78, 5) is 23.2. The van der Waals surface area contributed by atoms with Gasteiger partial charge in [-0.05, 0) is 48.4 Å². The first-order valence-electron chi connectivity index (χ1n) is 11.9. The summed E-state index contributed by atoms with van der Waals surface area (Å²) in [5, 5.41) is 3.67. The Bertz CT molecular complexity index is 1710. The molecule has 0 fully saturated rings. The van der Waals surface area contributed by atoms with Crippen LogP contribution in [0.15, 0.2) is 102 Å². The Kier molecular flexibility index (Phi) is 7.18. The summed E-state index contributed by atoms with van der Waals surface area (Å²) in [6.45, 7) is 2.03. The smallest absolute Gasteiger partial charge is 0.229 e. The maximum absolute atomic E-state index is 12.6. The highest BCUT2D eigenvalue weighted by atomic mass is 32.2. The van der Waals surface area contributed by atoms with E-state index >= 15 is 0 Å². The van der Waals surface area contributed by atoms with Gasteiger partial charge in [-0.3, -0.25) is 4.79 Å². The van der Waals surface area contributed by atoms with Gasteiger partial charge in [-0.25, -0.2) is 18.4 Å². The highest BCUT2D eigenvalue weighted by molar-refractivity contribution is 7.90. The highest BCUT2D eigenvalue weighted by Crippen LogP contribution is 2.41. The SMILES string of the molecule is Cc1cccc(-c2nc(-c3ccc(S(C)(=O)=O)cc3)sc2-c2ccnc(NC(=O)Cc3ccccc3)c2)c1. The van der Waals surface area contributed by atoms with Crippen LogP contribution in [0.4, 0.5) is 5.82 Å². The Labute approximate surface area is 226 Å². The maximum atomic E-state index is 12.6. The van der Waals surface area contributed by atoms with Crippen molar-refractivity contribution in [3.63, 3.8) is 0 Å². The summed E-state index contributed by atoms with van der Waals surface area (Å²) in [5.41, 5.74) is 5.53.